The molecule has 3 nitrogen and oxygen atoms in total. The van der Waals surface area contributed by atoms with Crippen molar-refractivity contribution in [3.63, 3.8) is 0 Å². The molecule has 118 valence electrons. The summed E-state index contributed by atoms with van der Waals surface area (Å²) in [5.41, 5.74) is 1.13. The van der Waals surface area contributed by atoms with Crippen molar-refractivity contribution in [2.24, 2.45) is 5.92 Å². The molecule has 0 saturated heterocycles. The molecule has 1 fully saturated rings. The molecule has 0 aromatic heterocycles. The Kier molecular flexibility index (Phi) is 6.71. The van der Waals surface area contributed by atoms with Crippen molar-refractivity contribution < 1.29 is 9.47 Å². The summed E-state index contributed by atoms with van der Waals surface area (Å²) in [5.74, 6) is 2.49. The number of anilines is 1. The van der Waals surface area contributed by atoms with Crippen LogP contribution in [0.2, 0.25) is 0 Å². The van der Waals surface area contributed by atoms with E-state index in [1.54, 1.807) is 0 Å². The van der Waals surface area contributed by atoms with Gasteiger partial charge in [-0.05, 0) is 44.7 Å². The lowest BCUT2D eigenvalue weighted by molar-refractivity contribution is 0.288. The highest BCUT2D eigenvalue weighted by Crippen LogP contribution is 2.31. The molecule has 3 heteroatoms. The molecule has 2 rings (SSSR count). The maximum absolute atomic E-state index is 5.68. The predicted octanol–water partition coefficient (Wildman–Crippen LogP) is 4.87. The average molecular weight is 291 g/mol. The first-order chi connectivity index (χ1) is 10.3. The van der Waals surface area contributed by atoms with E-state index in [1.165, 1.54) is 38.5 Å². The molecule has 0 amide bonds. The molecule has 0 atom stereocenters. The number of nitrogens with one attached hydrogen (secondary N) is 1. The van der Waals surface area contributed by atoms with Gasteiger partial charge in [-0.15, -0.1) is 0 Å². The fraction of sp³-hybridized carbons (Fsp3) is 0.667. The summed E-state index contributed by atoms with van der Waals surface area (Å²) < 4.78 is 11.3. The monoisotopic (exact) mass is 291 g/mol. The van der Waals surface area contributed by atoms with Crippen molar-refractivity contribution in [2.45, 2.75) is 52.4 Å². The standard InChI is InChI=1S/C18H29NO2/c1-3-20-17-12-11-16(13-18(17)21-4-2)19-14-15-9-7-5-6-8-10-15/h11-13,15,19H,3-10,14H2,1-2H3. The highest BCUT2D eigenvalue weighted by atomic mass is 16.5. The number of ether oxygens (including phenoxy) is 2. The van der Waals surface area contributed by atoms with Gasteiger partial charge in [-0.25, -0.2) is 0 Å². The fourth-order valence-electron chi connectivity index (χ4n) is 2.99. The Morgan fingerprint density at radius 1 is 0.952 bits per heavy atom. The number of rotatable bonds is 7. The normalized spacial score (nSPS) is 16.3. The van der Waals surface area contributed by atoms with Gasteiger partial charge < -0.3 is 14.8 Å². The second-order valence-corrected chi connectivity index (χ2v) is 5.77. The first-order valence-electron chi connectivity index (χ1n) is 8.47. The lowest BCUT2D eigenvalue weighted by atomic mass is 10.0. The zero-order valence-corrected chi connectivity index (χ0v) is 13.5. The maximum atomic E-state index is 5.68. The zero-order chi connectivity index (χ0) is 14.9. The smallest absolute Gasteiger partial charge is 0.163 e. The van der Waals surface area contributed by atoms with Gasteiger partial charge in [0.25, 0.3) is 0 Å². The van der Waals surface area contributed by atoms with Crippen LogP contribution in [0.3, 0.4) is 0 Å². The molecule has 1 aliphatic rings. The lowest BCUT2D eigenvalue weighted by Gasteiger charge is -2.17. The Morgan fingerprint density at radius 2 is 1.62 bits per heavy atom. The summed E-state index contributed by atoms with van der Waals surface area (Å²) >= 11 is 0. The van der Waals surface area contributed by atoms with E-state index in [4.69, 9.17) is 9.47 Å². The molecule has 0 heterocycles. The zero-order valence-electron chi connectivity index (χ0n) is 13.5. The Labute approximate surface area is 129 Å². The van der Waals surface area contributed by atoms with Gasteiger partial charge in [0, 0.05) is 18.3 Å². The van der Waals surface area contributed by atoms with Crippen LogP contribution in [-0.4, -0.2) is 19.8 Å². The van der Waals surface area contributed by atoms with E-state index in [0.29, 0.717) is 13.2 Å². The average Bonchev–Trinajstić information content (AvgIpc) is 2.76. The summed E-state index contributed by atoms with van der Waals surface area (Å²) in [4.78, 5) is 0. The third kappa shape index (κ3) is 5.14. The summed E-state index contributed by atoms with van der Waals surface area (Å²) in [5, 5.41) is 3.57. The Bertz CT molecular complexity index is 412. The van der Waals surface area contributed by atoms with Crippen LogP contribution in [0.4, 0.5) is 5.69 Å². The van der Waals surface area contributed by atoms with Crippen molar-refractivity contribution in [3.05, 3.63) is 18.2 Å². The van der Waals surface area contributed by atoms with Gasteiger partial charge in [0.1, 0.15) is 0 Å². The molecule has 21 heavy (non-hydrogen) atoms. The second-order valence-electron chi connectivity index (χ2n) is 5.77. The van der Waals surface area contributed by atoms with Crippen LogP contribution in [-0.2, 0) is 0 Å². The SMILES string of the molecule is CCOc1ccc(NCC2CCCCCC2)cc1OCC. The molecular formula is C18H29NO2. The van der Waals surface area contributed by atoms with Crippen molar-refractivity contribution >= 4 is 5.69 Å². The molecule has 0 aliphatic heterocycles. The van der Waals surface area contributed by atoms with Gasteiger partial charge in [-0.1, -0.05) is 25.7 Å². The minimum atomic E-state index is 0.659. The van der Waals surface area contributed by atoms with E-state index in [9.17, 15) is 0 Å². The molecule has 1 aliphatic carbocycles. The Morgan fingerprint density at radius 3 is 2.29 bits per heavy atom. The van der Waals surface area contributed by atoms with E-state index in [-0.39, 0.29) is 0 Å². The van der Waals surface area contributed by atoms with Gasteiger partial charge in [0.15, 0.2) is 11.5 Å². The molecule has 0 unspecified atom stereocenters. The topological polar surface area (TPSA) is 30.5 Å². The van der Waals surface area contributed by atoms with Gasteiger partial charge in [0.2, 0.25) is 0 Å². The first-order valence-corrected chi connectivity index (χ1v) is 8.47. The molecule has 1 aromatic carbocycles. The van der Waals surface area contributed by atoms with Crippen LogP contribution in [0.1, 0.15) is 52.4 Å². The highest BCUT2D eigenvalue weighted by Gasteiger charge is 2.12. The molecule has 1 saturated carbocycles. The number of hydrogen-bond donors (Lipinski definition) is 1. The van der Waals surface area contributed by atoms with Gasteiger partial charge in [0.05, 0.1) is 13.2 Å². The number of benzene rings is 1. The second kappa shape index (κ2) is 8.81. The van der Waals surface area contributed by atoms with Crippen molar-refractivity contribution in [3.8, 4) is 11.5 Å². The summed E-state index contributed by atoms with van der Waals surface area (Å²) in [7, 11) is 0. The third-order valence-corrected chi connectivity index (χ3v) is 4.11. The Hall–Kier alpha value is -1.38. The summed E-state index contributed by atoms with van der Waals surface area (Å²) in [6.45, 7) is 6.38. The molecule has 1 aromatic rings. The molecular weight excluding hydrogens is 262 g/mol. The largest absolute Gasteiger partial charge is 0.490 e. The maximum Gasteiger partial charge on any atom is 0.163 e. The molecule has 0 radical (unpaired) electrons. The van der Waals surface area contributed by atoms with E-state index in [0.717, 1.165) is 29.6 Å². The van der Waals surface area contributed by atoms with Crippen LogP contribution >= 0.6 is 0 Å². The lowest BCUT2D eigenvalue weighted by Crippen LogP contribution is -2.13. The minimum absolute atomic E-state index is 0.659. The Balaban J connectivity index is 1.94. The number of hydrogen-bond acceptors (Lipinski definition) is 3. The molecule has 1 N–H and O–H groups in total. The predicted molar refractivity (Wildman–Crippen MR) is 88.5 cm³/mol. The summed E-state index contributed by atoms with van der Waals surface area (Å²) in [6.07, 6.45) is 8.33. The van der Waals surface area contributed by atoms with E-state index in [1.807, 2.05) is 19.9 Å². The van der Waals surface area contributed by atoms with Crippen molar-refractivity contribution in [2.75, 3.05) is 25.1 Å². The van der Waals surface area contributed by atoms with Gasteiger partial charge in [-0.3, -0.25) is 0 Å². The van der Waals surface area contributed by atoms with Crippen LogP contribution < -0.4 is 14.8 Å². The van der Waals surface area contributed by atoms with Crippen LogP contribution in [0.25, 0.3) is 0 Å². The van der Waals surface area contributed by atoms with E-state index >= 15 is 0 Å². The fourth-order valence-corrected chi connectivity index (χ4v) is 2.99. The van der Waals surface area contributed by atoms with Crippen molar-refractivity contribution in [1.82, 2.24) is 0 Å². The first kappa shape index (κ1) is 16.0. The van der Waals surface area contributed by atoms with Crippen LogP contribution in [0.5, 0.6) is 11.5 Å². The summed E-state index contributed by atoms with van der Waals surface area (Å²) in [6, 6.07) is 6.15. The minimum Gasteiger partial charge on any atom is -0.490 e. The van der Waals surface area contributed by atoms with Gasteiger partial charge in [-0.2, -0.15) is 0 Å². The van der Waals surface area contributed by atoms with Crippen LogP contribution in [0.15, 0.2) is 18.2 Å². The third-order valence-electron chi connectivity index (χ3n) is 4.11. The van der Waals surface area contributed by atoms with E-state index < -0.39 is 0 Å². The molecule has 0 spiro atoms. The molecule has 0 bridgehead atoms. The van der Waals surface area contributed by atoms with Gasteiger partial charge >= 0.3 is 0 Å². The van der Waals surface area contributed by atoms with Crippen molar-refractivity contribution in [1.29, 1.82) is 0 Å². The van der Waals surface area contributed by atoms with E-state index in [2.05, 4.69) is 17.4 Å². The quantitative estimate of drug-likeness (QED) is 0.727. The van der Waals surface area contributed by atoms with Crippen LogP contribution in [0, 0.1) is 5.92 Å². The highest BCUT2D eigenvalue weighted by molar-refractivity contribution is 5.54.